The standard InChI is InChI=1S/C12H9ClF3NO3/c13-6-1-2-8(7(5-6)12(14,15)16)17-9(18)11(3-4-11)10(19)20/h1-2,5H,3-4H2,(H,17,18)(H,19,20). The monoisotopic (exact) mass is 307 g/mol. The fraction of sp³-hybridized carbons (Fsp3) is 0.333. The first-order chi connectivity index (χ1) is 9.17. The van der Waals surface area contributed by atoms with Crippen molar-refractivity contribution in [3.8, 4) is 0 Å². The second-order valence-corrected chi connectivity index (χ2v) is 4.97. The van der Waals surface area contributed by atoms with E-state index in [1.54, 1.807) is 0 Å². The van der Waals surface area contributed by atoms with Gasteiger partial charge in [0.15, 0.2) is 0 Å². The number of aliphatic carboxylic acids is 1. The molecule has 0 aliphatic heterocycles. The molecule has 1 aromatic rings. The Kier molecular flexibility index (Phi) is 3.41. The molecule has 108 valence electrons. The molecule has 0 bridgehead atoms. The van der Waals surface area contributed by atoms with Crippen LogP contribution in [-0.2, 0) is 15.8 Å². The number of amides is 1. The Morgan fingerprint density at radius 2 is 1.90 bits per heavy atom. The zero-order valence-corrected chi connectivity index (χ0v) is 10.7. The molecule has 1 aliphatic rings. The maximum atomic E-state index is 12.8. The zero-order chi connectivity index (χ0) is 15.1. The van der Waals surface area contributed by atoms with Crippen LogP contribution in [0.5, 0.6) is 0 Å². The van der Waals surface area contributed by atoms with Crippen molar-refractivity contribution in [1.82, 2.24) is 0 Å². The van der Waals surface area contributed by atoms with E-state index in [9.17, 15) is 22.8 Å². The van der Waals surface area contributed by atoms with Gasteiger partial charge in [0.05, 0.1) is 11.3 Å². The average molecular weight is 308 g/mol. The lowest BCUT2D eigenvalue weighted by molar-refractivity contribution is -0.147. The van der Waals surface area contributed by atoms with Gasteiger partial charge >= 0.3 is 12.1 Å². The highest BCUT2D eigenvalue weighted by atomic mass is 35.5. The molecule has 0 spiro atoms. The molecule has 1 fully saturated rings. The van der Waals surface area contributed by atoms with E-state index >= 15 is 0 Å². The van der Waals surface area contributed by atoms with Crippen LogP contribution in [0.15, 0.2) is 18.2 Å². The summed E-state index contributed by atoms with van der Waals surface area (Å²) >= 11 is 5.51. The number of alkyl halides is 3. The van der Waals surface area contributed by atoms with E-state index in [4.69, 9.17) is 16.7 Å². The van der Waals surface area contributed by atoms with E-state index in [0.29, 0.717) is 6.07 Å². The van der Waals surface area contributed by atoms with E-state index in [1.165, 1.54) is 6.07 Å². The van der Waals surface area contributed by atoms with Gasteiger partial charge in [-0.2, -0.15) is 13.2 Å². The Labute approximate surface area is 116 Å². The summed E-state index contributed by atoms with van der Waals surface area (Å²) in [5.41, 5.74) is -3.22. The summed E-state index contributed by atoms with van der Waals surface area (Å²) in [7, 11) is 0. The van der Waals surface area contributed by atoms with Crippen molar-refractivity contribution in [3.63, 3.8) is 0 Å². The highest BCUT2D eigenvalue weighted by molar-refractivity contribution is 6.30. The summed E-state index contributed by atoms with van der Waals surface area (Å²) in [5, 5.41) is 10.8. The molecule has 8 heteroatoms. The van der Waals surface area contributed by atoms with E-state index in [0.717, 1.165) is 6.07 Å². The number of hydrogen-bond donors (Lipinski definition) is 2. The van der Waals surface area contributed by atoms with Crippen LogP contribution in [0.25, 0.3) is 0 Å². The van der Waals surface area contributed by atoms with Gasteiger partial charge in [0.25, 0.3) is 0 Å². The highest BCUT2D eigenvalue weighted by Gasteiger charge is 2.57. The Morgan fingerprint density at radius 1 is 1.30 bits per heavy atom. The molecule has 2 N–H and O–H groups in total. The predicted molar refractivity (Wildman–Crippen MR) is 64.4 cm³/mol. The second kappa shape index (κ2) is 4.66. The lowest BCUT2D eigenvalue weighted by Gasteiger charge is -2.16. The van der Waals surface area contributed by atoms with Crippen LogP contribution in [0.4, 0.5) is 18.9 Å². The van der Waals surface area contributed by atoms with Crippen molar-refractivity contribution in [2.75, 3.05) is 5.32 Å². The quantitative estimate of drug-likeness (QED) is 0.843. The molecule has 1 aromatic carbocycles. The summed E-state index contributed by atoms with van der Waals surface area (Å²) in [5.74, 6) is -2.28. The molecule has 1 amide bonds. The van der Waals surface area contributed by atoms with Gasteiger partial charge in [-0.05, 0) is 31.0 Å². The minimum absolute atomic E-state index is 0.114. The van der Waals surface area contributed by atoms with E-state index in [1.807, 2.05) is 5.32 Å². The number of hydrogen-bond acceptors (Lipinski definition) is 2. The van der Waals surface area contributed by atoms with E-state index in [2.05, 4.69) is 0 Å². The minimum atomic E-state index is -4.70. The molecule has 2 rings (SSSR count). The van der Waals surface area contributed by atoms with Crippen LogP contribution in [0.2, 0.25) is 5.02 Å². The summed E-state index contributed by atoms with van der Waals surface area (Å²) in [6.07, 6.45) is -4.47. The molecule has 1 aliphatic carbocycles. The number of anilines is 1. The van der Waals surface area contributed by atoms with Gasteiger partial charge in [-0.25, -0.2) is 0 Å². The number of carbonyl (C=O) groups excluding carboxylic acids is 1. The molecule has 4 nitrogen and oxygen atoms in total. The van der Waals surface area contributed by atoms with E-state index in [-0.39, 0.29) is 17.9 Å². The second-order valence-electron chi connectivity index (χ2n) is 4.53. The zero-order valence-electron chi connectivity index (χ0n) is 9.92. The van der Waals surface area contributed by atoms with Crippen LogP contribution in [0, 0.1) is 5.41 Å². The van der Waals surface area contributed by atoms with Crippen LogP contribution < -0.4 is 5.32 Å². The Hall–Kier alpha value is -1.76. The maximum Gasteiger partial charge on any atom is 0.418 e. The third-order valence-electron chi connectivity index (χ3n) is 3.13. The smallest absolute Gasteiger partial charge is 0.418 e. The van der Waals surface area contributed by atoms with Crippen LogP contribution in [0.3, 0.4) is 0 Å². The fourth-order valence-electron chi connectivity index (χ4n) is 1.77. The van der Waals surface area contributed by atoms with Gasteiger partial charge in [0, 0.05) is 5.02 Å². The van der Waals surface area contributed by atoms with Gasteiger partial charge in [-0.15, -0.1) is 0 Å². The molecular weight excluding hydrogens is 299 g/mol. The van der Waals surface area contributed by atoms with Gasteiger partial charge in [0.1, 0.15) is 5.41 Å². The largest absolute Gasteiger partial charge is 0.480 e. The van der Waals surface area contributed by atoms with Crippen LogP contribution >= 0.6 is 11.6 Å². The van der Waals surface area contributed by atoms with Gasteiger partial charge in [0.2, 0.25) is 5.91 Å². The Morgan fingerprint density at radius 3 is 2.35 bits per heavy atom. The molecule has 0 unspecified atom stereocenters. The number of benzene rings is 1. The van der Waals surface area contributed by atoms with Crippen molar-refractivity contribution in [2.24, 2.45) is 5.41 Å². The lowest BCUT2D eigenvalue weighted by atomic mass is 10.1. The molecule has 0 radical (unpaired) electrons. The average Bonchev–Trinajstić information content (AvgIpc) is 3.11. The Bertz CT molecular complexity index is 582. The van der Waals surface area contributed by atoms with Crippen molar-refractivity contribution in [1.29, 1.82) is 0 Å². The molecule has 20 heavy (non-hydrogen) atoms. The summed E-state index contributed by atoms with van der Waals surface area (Å²) in [4.78, 5) is 22.8. The summed E-state index contributed by atoms with van der Waals surface area (Å²) in [6, 6.07) is 2.87. The van der Waals surface area contributed by atoms with Gasteiger partial charge < -0.3 is 10.4 Å². The fourth-order valence-corrected chi connectivity index (χ4v) is 1.94. The van der Waals surface area contributed by atoms with E-state index < -0.39 is 34.7 Å². The topological polar surface area (TPSA) is 66.4 Å². The Balaban J connectivity index is 2.31. The maximum absolute atomic E-state index is 12.8. The number of carbonyl (C=O) groups is 2. The number of rotatable bonds is 3. The molecule has 0 heterocycles. The van der Waals surface area contributed by atoms with Crippen molar-refractivity contribution < 1.29 is 27.9 Å². The third-order valence-corrected chi connectivity index (χ3v) is 3.36. The minimum Gasteiger partial charge on any atom is -0.480 e. The molecule has 0 atom stereocenters. The predicted octanol–water partition coefficient (Wildman–Crippen LogP) is 3.16. The molecule has 0 aromatic heterocycles. The summed E-state index contributed by atoms with van der Waals surface area (Å²) < 4.78 is 38.5. The number of carboxylic acids is 1. The molecule has 0 saturated heterocycles. The summed E-state index contributed by atoms with van der Waals surface area (Å²) in [6.45, 7) is 0. The van der Waals surface area contributed by atoms with Crippen molar-refractivity contribution in [3.05, 3.63) is 28.8 Å². The number of carboxylic acid groups (broad SMARTS) is 1. The number of nitrogens with one attached hydrogen (secondary N) is 1. The molecular formula is C12H9ClF3NO3. The number of halogens is 4. The first-order valence-electron chi connectivity index (χ1n) is 5.58. The van der Waals surface area contributed by atoms with Gasteiger partial charge in [-0.3, -0.25) is 9.59 Å². The first kappa shape index (κ1) is 14.6. The van der Waals surface area contributed by atoms with Crippen LogP contribution in [0.1, 0.15) is 18.4 Å². The lowest BCUT2D eigenvalue weighted by Crippen LogP contribution is -2.32. The van der Waals surface area contributed by atoms with Crippen molar-refractivity contribution in [2.45, 2.75) is 19.0 Å². The normalized spacial score (nSPS) is 16.6. The highest BCUT2D eigenvalue weighted by Crippen LogP contribution is 2.47. The first-order valence-corrected chi connectivity index (χ1v) is 5.96. The van der Waals surface area contributed by atoms with Crippen LogP contribution in [-0.4, -0.2) is 17.0 Å². The SMILES string of the molecule is O=C(O)C1(C(=O)Nc2ccc(Cl)cc2C(F)(F)F)CC1. The molecule has 1 saturated carbocycles. The third kappa shape index (κ3) is 2.58. The van der Waals surface area contributed by atoms with Gasteiger partial charge in [-0.1, -0.05) is 11.6 Å². The van der Waals surface area contributed by atoms with Crippen molar-refractivity contribution >= 4 is 29.2 Å².